The molecule has 0 amide bonds. The zero-order chi connectivity index (χ0) is 10.8. The van der Waals surface area contributed by atoms with Gasteiger partial charge in [-0.25, -0.2) is 4.98 Å². The molecule has 0 aliphatic carbocycles. The van der Waals surface area contributed by atoms with Gasteiger partial charge in [-0.3, -0.25) is 0 Å². The van der Waals surface area contributed by atoms with Crippen molar-refractivity contribution in [3.8, 4) is 0 Å². The van der Waals surface area contributed by atoms with Crippen LogP contribution in [-0.4, -0.2) is 9.97 Å². The Balaban J connectivity index is 2.28. The van der Waals surface area contributed by atoms with Crippen molar-refractivity contribution in [3.05, 3.63) is 52.6 Å². The molecule has 0 aliphatic heterocycles. The van der Waals surface area contributed by atoms with Gasteiger partial charge in [0.1, 0.15) is 5.82 Å². The number of nitrogens with zero attached hydrogens (tertiary/aromatic N) is 1. The minimum atomic E-state index is -0.177. The third-order valence-corrected chi connectivity index (χ3v) is 2.54. The number of halogens is 1. The Kier molecular flexibility index (Phi) is 2.75. The number of nitrogens with one attached hydrogen (secondary N) is 1. The molecule has 1 unspecified atom stereocenters. The van der Waals surface area contributed by atoms with Gasteiger partial charge in [-0.05, 0) is 24.6 Å². The van der Waals surface area contributed by atoms with Gasteiger partial charge in [-0.2, -0.15) is 0 Å². The number of aromatic nitrogens is 2. The van der Waals surface area contributed by atoms with E-state index in [9.17, 15) is 0 Å². The topological polar surface area (TPSA) is 54.7 Å². The molecule has 3 N–H and O–H groups in total. The van der Waals surface area contributed by atoms with Crippen LogP contribution in [0.2, 0.25) is 5.02 Å². The van der Waals surface area contributed by atoms with E-state index in [0.717, 1.165) is 17.1 Å². The summed E-state index contributed by atoms with van der Waals surface area (Å²) in [5.41, 5.74) is 7.99. The molecule has 0 radical (unpaired) electrons. The van der Waals surface area contributed by atoms with Gasteiger partial charge in [0.15, 0.2) is 0 Å². The first-order valence-electron chi connectivity index (χ1n) is 4.69. The third-order valence-electron chi connectivity index (χ3n) is 2.29. The van der Waals surface area contributed by atoms with E-state index in [1.807, 2.05) is 31.2 Å². The van der Waals surface area contributed by atoms with Crippen LogP contribution in [0.5, 0.6) is 0 Å². The molecule has 0 aliphatic rings. The highest BCUT2D eigenvalue weighted by Crippen LogP contribution is 2.19. The average Bonchev–Trinajstić information content (AvgIpc) is 2.65. The molecule has 0 saturated heterocycles. The maximum Gasteiger partial charge on any atom is 0.103 e. The van der Waals surface area contributed by atoms with Crippen LogP contribution < -0.4 is 5.73 Å². The summed E-state index contributed by atoms with van der Waals surface area (Å²) in [5, 5.41) is 0.715. The van der Waals surface area contributed by atoms with Crippen LogP contribution in [0.1, 0.15) is 23.1 Å². The summed E-state index contributed by atoms with van der Waals surface area (Å²) in [6.07, 6.45) is 1.76. The number of nitrogens with two attached hydrogens (primary N) is 1. The minimum Gasteiger partial charge on any atom is -0.345 e. The summed E-state index contributed by atoms with van der Waals surface area (Å²) >= 11 is 5.81. The Hall–Kier alpha value is -1.32. The Morgan fingerprint density at radius 2 is 2.00 bits per heavy atom. The molecule has 4 heteroatoms. The largest absolute Gasteiger partial charge is 0.345 e. The number of hydrogen-bond acceptors (Lipinski definition) is 2. The second-order valence-electron chi connectivity index (χ2n) is 3.45. The predicted octanol–water partition coefficient (Wildman–Crippen LogP) is 2.42. The Bertz CT molecular complexity index is 447. The van der Waals surface area contributed by atoms with Crippen LogP contribution in [-0.2, 0) is 0 Å². The van der Waals surface area contributed by atoms with Crippen molar-refractivity contribution in [2.75, 3.05) is 0 Å². The third kappa shape index (κ3) is 2.19. The first-order valence-corrected chi connectivity index (χ1v) is 5.07. The van der Waals surface area contributed by atoms with Crippen molar-refractivity contribution in [3.63, 3.8) is 0 Å². The van der Waals surface area contributed by atoms with Gasteiger partial charge in [0.2, 0.25) is 0 Å². The molecule has 3 nitrogen and oxygen atoms in total. The SMILES string of the molecule is Cc1ncc(C(N)c2ccc(Cl)cc2)[nH]1. The number of hydrogen-bond donors (Lipinski definition) is 2. The van der Waals surface area contributed by atoms with Gasteiger partial charge in [0.25, 0.3) is 0 Å². The van der Waals surface area contributed by atoms with Crippen molar-refractivity contribution < 1.29 is 0 Å². The van der Waals surface area contributed by atoms with Gasteiger partial charge in [0.05, 0.1) is 17.9 Å². The van der Waals surface area contributed by atoms with Crippen molar-refractivity contribution >= 4 is 11.6 Å². The van der Waals surface area contributed by atoms with Crippen LogP contribution in [0.25, 0.3) is 0 Å². The van der Waals surface area contributed by atoms with Crippen LogP contribution in [0, 0.1) is 6.92 Å². The zero-order valence-electron chi connectivity index (χ0n) is 8.37. The van der Waals surface area contributed by atoms with Gasteiger partial charge in [-0.1, -0.05) is 23.7 Å². The molecule has 1 aromatic carbocycles. The van der Waals surface area contributed by atoms with Gasteiger partial charge < -0.3 is 10.7 Å². The highest BCUT2D eigenvalue weighted by atomic mass is 35.5. The monoisotopic (exact) mass is 221 g/mol. The molecule has 0 fully saturated rings. The molecule has 1 atom stereocenters. The number of rotatable bonds is 2. The molecule has 15 heavy (non-hydrogen) atoms. The van der Waals surface area contributed by atoms with E-state index in [1.54, 1.807) is 6.20 Å². The lowest BCUT2D eigenvalue weighted by Gasteiger charge is -2.09. The maximum atomic E-state index is 6.07. The fraction of sp³-hybridized carbons (Fsp3) is 0.182. The Morgan fingerprint density at radius 1 is 1.33 bits per heavy atom. The van der Waals surface area contributed by atoms with Crippen LogP contribution in [0.3, 0.4) is 0 Å². The standard InChI is InChI=1S/C11H12ClN3/c1-7-14-6-10(15-7)11(13)8-2-4-9(12)5-3-8/h2-6,11H,13H2,1H3,(H,14,15). The van der Waals surface area contributed by atoms with Crippen molar-refractivity contribution in [1.29, 1.82) is 0 Å². The van der Waals surface area contributed by atoms with E-state index < -0.39 is 0 Å². The van der Waals surface area contributed by atoms with E-state index in [0.29, 0.717) is 5.02 Å². The van der Waals surface area contributed by atoms with Crippen molar-refractivity contribution in [2.45, 2.75) is 13.0 Å². The predicted molar refractivity (Wildman–Crippen MR) is 60.8 cm³/mol. The molecule has 0 saturated carbocycles. The first-order chi connectivity index (χ1) is 7.16. The van der Waals surface area contributed by atoms with E-state index in [2.05, 4.69) is 9.97 Å². The van der Waals surface area contributed by atoms with E-state index in [-0.39, 0.29) is 6.04 Å². The molecule has 2 aromatic rings. The summed E-state index contributed by atoms with van der Waals surface area (Å²) in [6.45, 7) is 1.90. The van der Waals surface area contributed by atoms with Gasteiger partial charge in [-0.15, -0.1) is 0 Å². The molecule has 0 spiro atoms. The molecule has 1 heterocycles. The fourth-order valence-corrected chi connectivity index (χ4v) is 1.57. The number of aryl methyl sites for hydroxylation is 1. The molecule has 78 valence electrons. The molecular formula is C11H12ClN3. The lowest BCUT2D eigenvalue weighted by Crippen LogP contribution is -2.12. The number of aromatic amines is 1. The zero-order valence-corrected chi connectivity index (χ0v) is 9.12. The lowest BCUT2D eigenvalue weighted by molar-refractivity contribution is 0.834. The van der Waals surface area contributed by atoms with Crippen LogP contribution >= 0.6 is 11.6 Å². The number of imidazole rings is 1. The van der Waals surface area contributed by atoms with E-state index >= 15 is 0 Å². The van der Waals surface area contributed by atoms with Gasteiger partial charge >= 0.3 is 0 Å². The molecule has 0 bridgehead atoms. The molecule has 2 rings (SSSR count). The summed E-state index contributed by atoms with van der Waals surface area (Å²) in [6, 6.07) is 7.33. The Labute approximate surface area is 93.3 Å². The van der Waals surface area contributed by atoms with Crippen molar-refractivity contribution in [2.24, 2.45) is 5.73 Å². The number of H-pyrrole nitrogens is 1. The van der Waals surface area contributed by atoms with E-state index in [1.165, 1.54) is 0 Å². The molecular weight excluding hydrogens is 210 g/mol. The number of benzene rings is 1. The van der Waals surface area contributed by atoms with Crippen molar-refractivity contribution in [1.82, 2.24) is 9.97 Å². The molecule has 1 aromatic heterocycles. The quantitative estimate of drug-likeness (QED) is 0.819. The average molecular weight is 222 g/mol. The summed E-state index contributed by atoms with van der Waals surface area (Å²) in [4.78, 5) is 7.24. The summed E-state index contributed by atoms with van der Waals surface area (Å²) < 4.78 is 0. The van der Waals surface area contributed by atoms with Gasteiger partial charge in [0, 0.05) is 5.02 Å². The summed E-state index contributed by atoms with van der Waals surface area (Å²) in [7, 11) is 0. The first kappa shape index (κ1) is 10.2. The fourth-order valence-electron chi connectivity index (χ4n) is 1.45. The lowest BCUT2D eigenvalue weighted by atomic mass is 10.1. The second-order valence-corrected chi connectivity index (χ2v) is 3.89. The highest BCUT2D eigenvalue weighted by molar-refractivity contribution is 6.30. The highest BCUT2D eigenvalue weighted by Gasteiger charge is 2.10. The smallest absolute Gasteiger partial charge is 0.103 e. The minimum absolute atomic E-state index is 0.177. The van der Waals surface area contributed by atoms with Crippen LogP contribution in [0.4, 0.5) is 0 Å². The Morgan fingerprint density at radius 3 is 2.53 bits per heavy atom. The van der Waals surface area contributed by atoms with E-state index in [4.69, 9.17) is 17.3 Å². The second kappa shape index (κ2) is 4.04. The normalized spacial score (nSPS) is 12.7. The summed E-state index contributed by atoms with van der Waals surface area (Å²) in [5.74, 6) is 0.870. The van der Waals surface area contributed by atoms with Crippen LogP contribution in [0.15, 0.2) is 30.5 Å². The maximum absolute atomic E-state index is 6.07.